The Morgan fingerprint density at radius 2 is 2.41 bits per heavy atom. The van der Waals surface area contributed by atoms with E-state index in [1.165, 1.54) is 6.33 Å². The van der Waals surface area contributed by atoms with E-state index < -0.39 is 12.0 Å². The lowest BCUT2D eigenvalue weighted by molar-refractivity contribution is -0.138. The Morgan fingerprint density at radius 3 is 3.00 bits per heavy atom. The summed E-state index contributed by atoms with van der Waals surface area (Å²) in [6.07, 6.45) is 3.74. The molecule has 0 radical (unpaired) electrons. The highest BCUT2D eigenvalue weighted by molar-refractivity contribution is 5.72. The number of nitrogens with zero attached hydrogens (tertiary/aromatic N) is 3. The molecule has 0 amide bonds. The van der Waals surface area contributed by atoms with E-state index in [0.29, 0.717) is 13.0 Å². The van der Waals surface area contributed by atoms with Crippen molar-refractivity contribution in [2.24, 2.45) is 12.8 Å². The molecule has 1 rings (SSSR count). The van der Waals surface area contributed by atoms with Gasteiger partial charge in [-0.2, -0.15) is 5.10 Å². The topological polar surface area (TPSA) is 106 Å². The third-order valence-electron chi connectivity index (χ3n) is 2.52. The second kappa shape index (κ2) is 6.97. The molecule has 0 fully saturated rings. The van der Waals surface area contributed by atoms with Gasteiger partial charge in [-0.05, 0) is 19.4 Å². The van der Waals surface area contributed by atoms with Crippen molar-refractivity contribution in [1.29, 1.82) is 0 Å². The number of aliphatic carboxylic acids is 1. The largest absolute Gasteiger partial charge is 0.480 e. The molecule has 1 aromatic rings. The van der Waals surface area contributed by atoms with Gasteiger partial charge in [0.15, 0.2) is 0 Å². The van der Waals surface area contributed by atoms with Crippen LogP contribution in [0.5, 0.6) is 0 Å². The van der Waals surface area contributed by atoms with Crippen molar-refractivity contribution in [3.8, 4) is 0 Å². The Bertz CT molecular complexity index is 352. The first-order valence-corrected chi connectivity index (χ1v) is 5.63. The van der Waals surface area contributed by atoms with Gasteiger partial charge in [0.2, 0.25) is 0 Å². The molecule has 7 nitrogen and oxygen atoms in total. The van der Waals surface area contributed by atoms with Gasteiger partial charge in [-0.15, -0.1) is 0 Å². The van der Waals surface area contributed by atoms with E-state index in [4.69, 9.17) is 10.8 Å². The molecule has 0 aliphatic heterocycles. The number of carboxylic acid groups (broad SMARTS) is 1. The lowest BCUT2D eigenvalue weighted by Gasteiger charge is -2.06. The number of hydrogen-bond donors (Lipinski definition) is 3. The van der Waals surface area contributed by atoms with E-state index in [1.54, 1.807) is 4.68 Å². The van der Waals surface area contributed by atoms with Crippen molar-refractivity contribution in [3.05, 3.63) is 12.2 Å². The van der Waals surface area contributed by atoms with Gasteiger partial charge in [0.1, 0.15) is 18.2 Å². The molecule has 0 aliphatic carbocycles. The Hall–Kier alpha value is -1.47. The first-order chi connectivity index (χ1) is 8.11. The van der Waals surface area contributed by atoms with E-state index in [2.05, 4.69) is 15.4 Å². The van der Waals surface area contributed by atoms with Crippen molar-refractivity contribution < 1.29 is 9.90 Å². The van der Waals surface area contributed by atoms with Gasteiger partial charge in [-0.3, -0.25) is 9.48 Å². The molecule has 7 heteroatoms. The van der Waals surface area contributed by atoms with Crippen LogP contribution in [0.3, 0.4) is 0 Å². The number of carbonyl (C=O) groups is 1. The number of rotatable bonds is 8. The van der Waals surface area contributed by atoms with Crippen molar-refractivity contribution in [2.75, 3.05) is 6.54 Å². The molecule has 0 bridgehead atoms. The molecule has 0 aliphatic rings. The Morgan fingerprint density at radius 1 is 1.65 bits per heavy atom. The van der Waals surface area contributed by atoms with Gasteiger partial charge in [-0.25, -0.2) is 4.98 Å². The summed E-state index contributed by atoms with van der Waals surface area (Å²) >= 11 is 0. The zero-order chi connectivity index (χ0) is 12.7. The van der Waals surface area contributed by atoms with Crippen molar-refractivity contribution in [2.45, 2.75) is 31.8 Å². The fraction of sp³-hybridized carbons (Fsp3) is 0.700. The third kappa shape index (κ3) is 4.92. The Balaban J connectivity index is 2.02. The lowest BCUT2D eigenvalue weighted by atomic mass is 10.1. The number of aryl methyl sites for hydroxylation is 1. The predicted molar refractivity (Wildman–Crippen MR) is 62.2 cm³/mol. The maximum absolute atomic E-state index is 10.5. The van der Waals surface area contributed by atoms with Gasteiger partial charge in [-0.1, -0.05) is 6.42 Å². The van der Waals surface area contributed by atoms with Gasteiger partial charge in [0.05, 0.1) is 6.54 Å². The van der Waals surface area contributed by atoms with E-state index >= 15 is 0 Å². The van der Waals surface area contributed by atoms with Crippen molar-refractivity contribution >= 4 is 5.97 Å². The zero-order valence-corrected chi connectivity index (χ0v) is 9.96. The van der Waals surface area contributed by atoms with Crippen molar-refractivity contribution in [3.63, 3.8) is 0 Å². The first-order valence-electron chi connectivity index (χ1n) is 5.63. The van der Waals surface area contributed by atoms with Crippen LogP contribution in [0.25, 0.3) is 0 Å². The van der Waals surface area contributed by atoms with Crippen LogP contribution in [0.2, 0.25) is 0 Å². The average molecular weight is 241 g/mol. The minimum absolute atomic E-state index is 0.515. The fourth-order valence-electron chi connectivity index (χ4n) is 1.42. The number of hydrogen-bond acceptors (Lipinski definition) is 5. The van der Waals surface area contributed by atoms with Gasteiger partial charge < -0.3 is 16.2 Å². The molecule has 17 heavy (non-hydrogen) atoms. The minimum Gasteiger partial charge on any atom is -0.480 e. The standard InChI is InChI=1S/C10H19N5O2/c1-15-9(13-7-14-15)6-12-5-3-2-4-8(11)10(16)17/h7-8,12H,2-6,11H2,1H3,(H,16,17). The lowest BCUT2D eigenvalue weighted by Crippen LogP contribution is -2.30. The zero-order valence-electron chi connectivity index (χ0n) is 9.96. The van der Waals surface area contributed by atoms with Crippen LogP contribution in [-0.2, 0) is 18.4 Å². The maximum Gasteiger partial charge on any atom is 0.320 e. The van der Waals surface area contributed by atoms with Crippen LogP contribution >= 0.6 is 0 Å². The summed E-state index contributed by atoms with van der Waals surface area (Å²) in [5, 5.41) is 15.8. The molecule has 0 aromatic carbocycles. The number of aromatic nitrogens is 3. The highest BCUT2D eigenvalue weighted by Gasteiger charge is 2.09. The van der Waals surface area contributed by atoms with Gasteiger partial charge in [0, 0.05) is 7.05 Å². The summed E-state index contributed by atoms with van der Waals surface area (Å²) in [5.41, 5.74) is 5.39. The maximum atomic E-state index is 10.5. The van der Waals surface area contributed by atoms with Gasteiger partial charge in [0.25, 0.3) is 0 Å². The van der Waals surface area contributed by atoms with Crippen LogP contribution in [0.4, 0.5) is 0 Å². The normalized spacial score (nSPS) is 12.6. The molecular weight excluding hydrogens is 222 g/mol. The summed E-state index contributed by atoms with van der Waals surface area (Å²) in [5.74, 6) is -0.0516. The minimum atomic E-state index is -0.933. The van der Waals surface area contributed by atoms with E-state index in [0.717, 1.165) is 25.2 Å². The van der Waals surface area contributed by atoms with Crippen molar-refractivity contribution in [1.82, 2.24) is 20.1 Å². The highest BCUT2D eigenvalue weighted by atomic mass is 16.4. The molecule has 1 heterocycles. The smallest absolute Gasteiger partial charge is 0.320 e. The van der Waals surface area contributed by atoms with Gasteiger partial charge >= 0.3 is 5.97 Å². The average Bonchev–Trinajstić information content (AvgIpc) is 2.68. The van der Waals surface area contributed by atoms with E-state index in [-0.39, 0.29) is 0 Å². The van der Waals surface area contributed by atoms with E-state index in [1.807, 2.05) is 7.05 Å². The second-order valence-corrected chi connectivity index (χ2v) is 3.92. The van der Waals surface area contributed by atoms with Crippen LogP contribution in [0.15, 0.2) is 6.33 Å². The molecular formula is C10H19N5O2. The van der Waals surface area contributed by atoms with Crippen LogP contribution in [-0.4, -0.2) is 38.4 Å². The Labute approximate surface area is 100 Å². The fourth-order valence-corrected chi connectivity index (χ4v) is 1.42. The quantitative estimate of drug-likeness (QED) is 0.529. The third-order valence-corrected chi connectivity index (χ3v) is 2.52. The van der Waals surface area contributed by atoms with Crippen LogP contribution in [0.1, 0.15) is 25.1 Å². The molecule has 4 N–H and O–H groups in total. The molecule has 0 spiro atoms. The summed E-state index contributed by atoms with van der Waals surface area (Å²) in [7, 11) is 1.84. The molecule has 1 aromatic heterocycles. The number of carboxylic acids is 1. The van der Waals surface area contributed by atoms with E-state index in [9.17, 15) is 4.79 Å². The summed E-state index contributed by atoms with van der Waals surface area (Å²) < 4.78 is 1.72. The number of unbranched alkanes of at least 4 members (excludes halogenated alkanes) is 1. The predicted octanol–water partition coefficient (Wildman–Crippen LogP) is -0.513. The number of nitrogens with one attached hydrogen (secondary N) is 1. The molecule has 0 saturated heterocycles. The Kier molecular flexibility index (Phi) is 5.58. The second-order valence-electron chi connectivity index (χ2n) is 3.92. The molecule has 1 atom stereocenters. The molecule has 0 saturated carbocycles. The first kappa shape index (κ1) is 13.6. The summed E-state index contributed by atoms with van der Waals surface area (Å²) in [6.45, 7) is 1.49. The SMILES string of the molecule is Cn1ncnc1CNCCCCC(N)C(=O)O. The molecule has 1 unspecified atom stereocenters. The number of nitrogens with two attached hydrogens (primary N) is 1. The summed E-state index contributed by atoms with van der Waals surface area (Å²) in [6, 6.07) is -0.742. The summed E-state index contributed by atoms with van der Waals surface area (Å²) in [4.78, 5) is 14.5. The van der Waals surface area contributed by atoms with Crippen LogP contribution in [0, 0.1) is 0 Å². The highest BCUT2D eigenvalue weighted by Crippen LogP contribution is 1.98. The monoisotopic (exact) mass is 241 g/mol. The molecule has 96 valence electrons. The van der Waals surface area contributed by atoms with Crippen LogP contribution < -0.4 is 11.1 Å².